The first-order chi connectivity index (χ1) is 3.68. The highest BCUT2D eigenvalue weighted by molar-refractivity contribution is 6.53. The molecular formula is C2H2Cl2N4. The van der Waals surface area contributed by atoms with E-state index in [1.807, 2.05) is 0 Å². The number of nitrogens with zero attached hydrogens (tertiary/aromatic N) is 3. The van der Waals surface area contributed by atoms with E-state index in [9.17, 15) is 0 Å². The second-order valence-electron chi connectivity index (χ2n) is 0.875. The molecule has 0 unspecified atom stereocenters. The summed E-state index contributed by atoms with van der Waals surface area (Å²) in [5.41, 5.74) is 7.69. The second kappa shape index (κ2) is 3.55. The number of nitrogens with one attached hydrogen (secondary N) is 1. The highest BCUT2D eigenvalue weighted by Gasteiger charge is 2.01. The van der Waals surface area contributed by atoms with E-state index >= 15 is 0 Å². The van der Waals surface area contributed by atoms with Crippen molar-refractivity contribution >= 4 is 29.0 Å². The van der Waals surface area contributed by atoms with Crippen LogP contribution in [0, 0.1) is 5.41 Å². The van der Waals surface area contributed by atoms with Crippen LogP contribution in [0.5, 0.6) is 0 Å². The Morgan fingerprint density at radius 2 is 2.25 bits per heavy atom. The maximum atomic E-state index is 7.69. The zero-order chi connectivity index (χ0) is 6.57. The average Bonchev–Trinajstić information content (AvgIpc) is 1.67. The van der Waals surface area contributed by atoms with Crippen LogP contribution in [0.2, 0.25) is 0 Å². The number of rotatable bonds is 1. The van der Waals surface area contributed by atoms with Crippen molar-refractivity contribution in [1.29, 1.82) is 5.41 Å². The molecule has 0 rings (SSSR count). The smallest absolute Gasteiger partial charge is 0.151 e. The molecule has 0 radical (unpaired) electrons. The number of hydrogen-bond acceptors (Lipinski definition) is 1. The van der Waals surface area contributed by atoms with Gasteiger partial charge in [-0.15, -0.1) is 0 Å². The number of halogens is 2. The standard InChI is InChI=1S/C2H2Cl2N4/c3-1(4)2(5)7-8-6/h1,5H. The quantitative estimate of drug-likeness (QED) is 0.149. The Bertz CT molecular complexity index is 135. The van der Waals surface area contributed by atoms with Gasteiger partial charge in [-0.1, -0.05) is 23.2 Å². The van der Waals surface area contributed by atoms with Crippen LogP contribution in [0.15, 0.2) is 5.11 Å². The van der Waals surface area contributed by atoms with Gasteiger partial charge in [0.2, 0.25) is 0 Å². The van der Waals surface area contributed by atoms with Gasteiger partial charge in [0, 0.05) is 4.91 Å². The molecule has 0 amide bonds. The van der Waals surface area contributed by atoms with Crippen molar-refractivity contribution in [1.82, 2.24) is 0 Å². The van der Waals surface area contributed by atoms with Crippen molar-refractivity contribution in [2.45, 2.75) is 4.84 Å². The molecule has 0 saturated heterocycles. The lowest BCUT2D eigenvalue weighted by atomic mass is 10.7. The summed E-state index contributed by atoms with van der Waals surface area (Å²) in [4.78, 5) is 1.27. The molecule has 0 spiro atoms. The maximum absolute atomic E-state index is 7.69. The van der Waals surface area contributed by atoms with E-state index in [-0.39, 0.29) is 5.84 Å². The third kappa shape index (κ3) is 2.69. The van der Waals surface area contributed by atoms with Crippen LogP contribution in [0.1, 0.15) is 0 Å². The van der Waals surface area contributed by atoms with Crippen molar-refractivity contribution in [3.8, 4) is 0 Å². The third-order valence-electron chi connectivity index (χ3n) is 0.359. The van der Waals surface area contributed by atoms with Crippen molar-refractivity contribution < 1.29 is 0 Å². The summed E-state index contributed by atoms with van der Waals surface area (Å²) < 4.78 is 0. The first-order valence-corrected chi connectivity index (χ1v) is 2.47. The number of alkyl halides is 2. The van der Waals surface area contributed by atoms with Gasteiger partial charge in [-0.3, -0.25) is 0 Å². The molecule has 6 heteroatoms. The molecule has 0 aliphatic rings. The topological polar surface area (TPSA) is 72.6 Å². The van der Waals surface area contributed by atoms with Crippen molar-refractivity contribution in [3.05, 3.63) is 10.4 Å². The highest BCUT2D eigenvalue weighted by Crippen LogP contribution is 2.03. The lowest BCUT2D eigenvalue weighted by Gasteiger charge is -1.90. The van der Waals surface area contributed by atoms with Crippen LogP contribution < -0.4 is 0 Å². The molecule has 44 valence electrons. The van der Waals surface area contributed by atoms with Crippen LogP contribution in [-0.2, 0) is 0 Å². The Balaban J connectivity index is 3.84. The first-order valence-electron chi connectivity index (χ1n) is 1.60. The van der Waals surface area contributed by atoms with Gasteiger partial charge in [-0.25, -0.2) is 0 Å². The molecular weight excluding hydrogens is 151 g/mol. The molecule has 1 N–H and O–H groups in total. The van der Waals surface area contributed by atoms with Gasteiger partial charge in [-0.05, 0) is 10.6 Å². The zero-order valence-electron chi connectivity index (χ0n) is 3.67. The van der Waals surface area contributed by atoms with E-state index < -0.39 is 4.84 Å². The Morgan fingerprint density at radius 3 is 2.38 bits per heavy atom. The van der Waals surface area contributed by atoms with E-state index in [0.29, 0.717) is 0 Å². The molecule has 0 saturated carbocycles. The fraction of sp³-hybridized carbons (Fsp3) is 0.500. The highest BCUT2D eigenvalue weighted by atomic mass is 35.5. The van der Waals surface area contributed by atoms with Gasteiger partial charge < -0.3 is 5.41 Å². The van der Waals surface area contributed by atoms with E-state index in [1.54, 1.807) is 0 Å². The Hall–Kier alpha value is -0.440. The van der Waals surface area contributed by atoms with Gasteiger partial charge in [0.1, 0.15) is 5.84 Å². The summed E-state index contributed by atoms with van der Waals surface area (Å²) in [6.45, 7) is 0. The van der Waals surface area contributed by atoms with E-state index in [0.717, 1.165) is 0 Å². The van der Waals surface area contributed by atoms with Gasteiger partial charge >= 0.3 is 0 Å². The van der Waals surface area contributed by atoms with Crippen LogP contribution >= 0.6 is 23.2 Å². The summed E-state index contributed by atoms with van der Waals surface area (Å²) in [6, 6.07) is 0. The lowest BCUT2D eigenvalue weighted by molar-refractivity contribution is 1.37. The third-order valence-corrected chi connectivity index (χ3v) is 0.773. The van der Waals surface area contributed by atoms with Crippen molar-refractivity contribution in [2.75, 3.05) is 0 Å². The maximum Gasteiger partial charge on any atom is 0.151 e. The molecule has 0 aromatic carbocycles. The summed E-state index contributed by atoms with van der Waals surface area (Å²) >= 11 is 10.2. The summed E-state index contributed by atoms with van der Waals surface area (Å²) in [6.07, 6.45) is 0. The van der Waals surface area contributed by atoms with Gasteiger partial charge in [-0.2, -0.15) is 0 Å². The van der Waals surface area contributed by atoms with Crippen LogP contribution in [0.25, 0.3) is 10.4 Å². The van der Waals surface area contributed by atoms with Gasteiger partial charge in [0.25, 0.3) is 0 Å². The van der Waals surface area contributed by atoms with E-state index in [1.165, 1.54) is 0 Å². The average molecular weight is 153 g/mol. The molecule has 0 heterocycles. The van der Waals surface area contributed by atoms with Crippen LogP contribution in [0.4, 0.5) is 0 Å². The van der Waals surface area contributed by atoms with Gasteiger partial charge in [0.05, 0.1) is 0 Å². The molecule has 0 fully saturated rings. The molecule has 8 heavy (non-hydrogen) atoms. The molecule has 0 atom stereocenters. The number of amidine groups is 1. The van der Waals surface area contributed by atoms with Gasteiger partial charge in [0.15, 0.2) is 4.84 Å². The van der Waals surface area contributed by atoms with E-state index in [4.69, 9.17) is 34.1 Å². The number of azide groups is 1. The Kier molecular flexibility index (Phi) is 3.35. The monoisotopic (exact) mass is 152 g/mol. The first kappa shape index (κ1) is 7.56. The number of hydrogen-bond donors (Lipinski definition) is 1. The second-order valence-corrected chi connectivity index (χ2v) is 1.97. The van der Waals surface area contributed by atoms with Crippen molar-refractivity contribution in [3.63, 3.8) is 0 Å². The summed E-state index contributed by atoms with van der Waals surface area (Å²) in [5.74, 6) is -0.379. The molecule has 0 aromatic rings. The predicted octanol–water partition coefficient (Wildman–Crippen LogP) is 2.08. The largest absolute Gasteiger partial charge is 0.301 e. The minimum atomic E-state index is -1.02. The Morgan fingerprint density at radius 1 is 1.75 bits per heavy atom. The minimum Gasteiger partial charge on any atom is -0.301 e. The van der Waals surface area contributed by atoms with Crippen molar-refractivity contribution in [2.24, 2.45) is 5.11 Å². The molecule has 4 nitrogen and oxygen atoms in total. The normalized spacial score (nSPS) is 8.38. The van der Waals surface area contributed by atoms with Crippen LogP contribution in [0.3, 0.4) is 0 Å². The SMILES string of the molecule is [N-]=[N+]=NC(=N)C(Cl)Cl. The van der Waals surface area contributed by atoms with Crippen LogP contribution in [-0.4, -0.2) is 10.7 Å². The molecule has 0 aromatic heterocycles. The van der Waals surface area contributed by atoms with E-state index in [2.05, 4.69) is 10.0 Å². The zero-order valence-corrected chi connectivity index (χ0v) is 5.19. The molecule has 0 aliphatic carbocycles. The summed E-state index contributed by atoms with van der Waals surface area (Å²) in [5, 5.41) is 9.48. The Labute approximate surface area is 55.5 Å². The predicted molar refractivity (Wildman–Crippen MR) is 32.4 cm³/mol. The minimum absolute atomic E-state index is 0.379. The lowest BCUT2D eigenvalue weighted by Crippen LogP contribution is -1.99. The molecule has 0 bridgehead atoms. The summed E-state index contributed by atoms with van der Waals surface area (Å²) in [7, 11) is 0. The fourth-order valence-corrected chi connectivity index (χ4v) is 0.179. The fourth-order valence-electron chi connectivity index (χ4n) is 0.0918. The molecule has 0 aliphatic heterocycles.